The first-order valence-corrected chi connectivity index (χ1v) is 10.4. The number of hydrogen-bond acceptors (Lipinski definition) is 4. The Morgan fingerprint density at radius 3 is 2.40 bits per heavy atom. The predicted octanol–water partition coefficient (Wildman–Crippen LogP) is 4.19. The summed E-state index contributed by atoms with van der Waals surface area (Å²) in [7, 11) is 2.17. The number of rotatable bonds is 2. The summed E-state index contributed by atoms with van der Waals surface area (Å²) in [4.78, 5) is 26.0. The number of carbonyl (C=O) groups excluding carboxylic acids is 1. The van der Waals surface area contributed by atoms with Crippen LogP contribution in [0.2, 0.25) is 0 Å². The number of H-pyrrole nitrogens is 1. The van der Waals surface area contributed by atoms with Crippen molar-refractivity contribution in [3.63, 3.8) is 0 Å². The van der Waals surface area contributed by atoms with E-state index >= 15 is 0 Å². The highest BCUT2D eigenvalue weighted by Crippen LogP contribution is 2.42. The summed E-state index contributed by atoms with van der Waals surface area (Å²) >= 11 is 0. The average Bonchev–Trinajstić information content (AvgIpc) is 3.33. The number of fused-ring (bicyclic) bond motifs is 4. The molecule has 1 aliphatic heterocycles. The smallest absolute Gasteiger partial charge is 0.194 e. The van der Waals surface area contributed by atoms with E-state index < -0.39 is 0 Å². The van der Waals surface area contributed by atoms with E-state index in [1.54, 1.807) is 0 Å². The number of imidazole rings is 1. The van der Waals surface area contributed by atoms with Crippen LogP contribution < -0.4 is 4.90 Å². The Morgan fingerprint density at radius 2 is 1.57 bits per heavy atom. The minimum atomic E-state index is 0.0934. The van der Waals surface area contributed by atoms with E-state index in [4.69, 9.17) is 4.98 Å². The third-order valence-electron chi connectivity index (χ3n) is 6.34. The maximum absolute atomic E-state index is 12.8. The molecular formula is C25H22N4O. The molecule has 0 amide bonds. The number of nitrogens with one attached hydrogen (secondary N) is 1. The molecule has 0 saturated carbocycles. The molecule has 0 unspecified atom stereocenters. The summed E-state index contributed by atoms with van der Waals surface area (Å²) in [6.45, 7) is 4.23. The second kappa shape index (κ2) is 6.54. The first kappa shape index (κ1) is 17.4. The minimum Gasteiger partial charge on any atom is -0.369 e. The van der Waals surface area contributed by atoms with Crippen LogP contribution in [0.15, 0.2) is 60.7 Å². The molecule has 0 atom stereocenters. The van der Waals surface area contributed by atoms with Crippen molar-refractivity contribution in [1.29, 1.82) is 0 Å². The molecule has 3 aromatic carbocycles. The number of nitrogens with zero attached hydrogens (tertiary/aromatic N) is 3. The Morgan fingerprint density at radius 1 is 0.833 bits per heavy atom. The van der Waals surface area contributed by atoms with Crippen molar-refractivity contribution < 1.29 is 4.79 Å². The van der Waals surface area contributed by atoms with Crippen LogP contribution >= 0.6 is 0 Å². The van der Waals surface area contributed by atoms with E-state index in [2.05, 4.69) is 40.0 Å². The van der Waals surface area contributed by atoms with Crippen molar-refractivity contribution in [3.8, 4) is 22.5 Å². The van der Waals surface area contributed by atoms with Gasteiger partial charge in [0.25, 0.3) is 0 Å². The van der Waals surface area contributed by atoms with Crippen LogP contribution in [0.3, 0.4) is 0 Å². The first-order chi connectivity index (χ1) is 14.7. The minimum absolute atomic E-state index is 0.0934. The number of aromatic amines is 1. The lowest BCUT2D eigenvalue weighted by Crippen LogP contribution is -2.44. The highest BCUT2D eigenvalue weighted by atomic mass is 16.1. The maximum atomic E-state index is 12.8. The topological polar surface area (TPSA) is 52.2 Å². The number of benzene rings is 3. The Hall–Kier alpha value is -3.44. The molecule has 4 aromatic rings. The average molecular weight is 394 g/mol. The van der Waals surface area contributed by atoms with E-state index in [-0.39, 0.29) is 5.78 Å². The molecule has 2 aliphatic rings. The molecule has 1 aromatic heterocycles. The number of carbonyl (C=O) groups is 1. The highest BCUT2D eigenvalue weighted by molar-refractivity contribution is 6.23. The van der Waals surface area contributed by atoms with Gasteiger partial charge >= 0.3 is 0 Å². The molecule has 0 spiro atoms. The van der Waals surface area contributed by atoms with Crippen LogP contribution in [0, 0.1) is 0 Å². The van der Waals surface area contributed by atoms with E-state index in [9.17, 15) is 4.79 Å². The molecule has 0 radical (unpaired) electrons. The SMILES string of the molecule is CN1CCN(c2ccc3nc(-c4cccc5c4-c4ccccc4C5=O)[nH]c3c2)CC1. The van der Waals surface area contributed by atoms with Gasteiger partial charge in [-0.05, 0) is 30.8 Å². The van der Waals surface area contributed by atoms with Crippen molar-refractivity contribution >= 4 is 22.5 Å². The lowest BCUT2D eigenvalue weighted by molar-refractivity contribution is 0.104. The second-order valence-electron chi connectivity index (χ2n) is 8.18. The highest BCUT2D eigenvalue weighted by Gasteiger charge is 2.29. The second-order valence-corrected chi connectivity index (χ2v) is 8.18. The number of piperazine rings is 1. The van der Waals surface area contributed by atoms with Crippen LogP contribution in [0.25, 0.3) is 33.5 Å². The summed E-state index contributed by atoms with van der Waals surface area (Å²) in [5, 5.41) is 0. The van der Waals surface area contributed by atoms with Gasteiger partial charge in [-0.3, -0.25) is 4.79 Å². The van der Waals surface area contributed by atoms with Crippen LogP contribution in [-0.2, 0) is 0 Å². The molecule has 0 bridgehead atoms. The van der Waals surface area contributed by atoms with Crippen LogP contribution in [0.4, 0.5) is 5.69 Å². The maximum Gasteiger partial charge on any atom is 0.194 e. The van der Waals surface area contributed by atoms with E-state index in [1.807, 2.05) is 42.5 Å². The summed E-state index contributed by atoms with van der Waals surface area (Å²) in [5.41, 5.74) is 7.67. The molecule has 1 fully saturated rings. The Labute approximate surface area is 175 Å². The van der Waals surface area contributed by atoms with Gasteiger partial charge in [0.1, 0.15) is 5.82 Å². The van der Waals surface area contributed by atoms with Gasteiger partial charge < -0.3 is 14.8 Å². The third-order valence-corrected chi connectivity index (χ3v) is 6.34. The van der Waals surface area contributed by atoms with Crippen LogP contribution in [0.5, 0.6) is 0 Å². The normalized spacial score (nSPS) is 16.2. The molecule has 5 nitrogen and oxygen atoms in total. The molecule has 6 rings (SSSR count). The monoisotopic (exact) mass is 394 g/mol. The predicted molar refractivity (Wildman–Crippen MR) is 120 cm³/mol. The molecule has 1 aliphatic carbocycles. The van der Waals surface area contributed by atoms with Gasteiger partial charge in [-0.1, -0.05) is 42.5 Å². The van der Waals surface area contributed by atoms with Gasteiger partial charge in [0.2, 0.25) is 0 Å². The van der Waals surface area contributed by atoms with Crippen LogP contribution in [-0.4, -0.2) is 53.9 Å². The number of ketones is 1. The van der Waals surface area contributed by atoms with Crippen molar-refractivity contribution in [3.05, 3.63) is 71.8 Å². The zero-order chi connectivity index (χ0) is 20.2. The Kier molecular flexibility index (Phi) is 3.80. The van der Waals surface area contributed by atoms with E-state index in [0.717, 1.165) is 70.9 Å². The van der Waals surface area contributed by atoms with Crippen LogP contribution in [0.1, 0.15) is 15.9 Å². The van der Waals surface area contributed by atoms with E-state index in [0.29, 0.717) is 0 Å². The Balaban J connectivity index is 1.44. The fourth-order valence-electron chi connectivity index (χ4n) is 4.66. The number of likely N-dealkylation sites (N-methyl/N-ethyl adjacent to an activating group) is 1. The molecule has 1 saturated heterocycles. The zero-order valence-electron chi connectivity index (χ0n) is 16.9. The summed E-state index contributed by atoms with van der Waals surface area (Å²) in [6, 6.07) is 20.2. The van der Waals surface area contributed by atoms with Crippen molar-refractivity contribution in [2.24, 2.45) is 0 Å². The van der Waals surface area contributed by atoms with Gasteiger partial charge in [-0.25, -0.2) is 4.98 Å². The lowest BCUT2D eigenvalue weighted by atomic mass is 9.99. The first-order valence-electron chi connectivity index (χ1n) is 10.4. The lowest BCUT2D eigenvalue weighted by Gasteiger charge is -2.34. The summed E-state index contributed by atoms with van der Waals surface area (Å²) in [6.07, 6.45) is 0. The van der Waals surface area contributed by atoms with Gasteiger partial charge in [-0.15, -0.1) is 0 Å². The number of aromatic nitrogens is 2. The molecular weight excluding hydrogens is 372 g/mol. The molecule has 2 heterocycles. The fraction of sp³-hybridized carbons (Fsp3) is 0.200. The molecule has 148 valence electrons. The summed E-state index contributed by atoms with van der Waals surface area (Å²) in [5.74, 6) is 0.901. The number of anilines is 1. The van der Waals surface area contributed by atoms with E-state index in [1.165, 1.54) is 5.69 Å². The Bertz CT molecular complexity index is 1300. The summed E-state index contributed by atoms with van der Waals surface area (Å²) < 4.78 is 0. The molecule has 1 N–H and O–H groups in total. The fourth-order valence-corrected chi connectivity index (χ4v) is 4.66. The molecule has 30 heavy (non-hydrogen) atoms. The number of hydrogen-bond donors (Lipinski definition) is 1. The molecule has 5 heteroatoms. The third kappa shape index (κ3) is 2.59. The van der Waals surface area contributed by atoms with Crippen molar-refractivity contribution in [1.82, 2.24) is 14.9 Å². The van der Waals surface area contributed by atoms with Gasteiger partial charge in [0, 0.05) is 54.1 Å². The quantitative estimate of drug-likeness (QED) is 0.488. The zero-order valence-corrected chi connectivity index (χ0v) is 16.9. The van der Waals surface area contributed by atoms with Gasteiger partial charge in [0.05, 0.1) is 11.0 Å². The van der Waals surface area contributed by atoms with Gasteiger partial charge in [-0.2, -0.15) is 0 Å². The van der Waals surface area contributed by atoms with Crippen molar-refractivity contribution in [2.75, 3.05) is 38.1 Å². The largest absolute Gasteiger partial charge is 0.369 e. The standard InChI is InChI=1S/C25H22N4O/c1-28-11-13-29(14-12-28)16-9-10-21-22(15-16)27-25(26-21)20-8-4-7-19-23(20)17-5-2-3-6-18(17)24(19)30/h2-10,15H,11-14H2,1H3,(H,26,27). The van der Waals surface area contributed by atoms with Crippen molar-refractivity contribution in [2.45, 2.75) is 0 Å². The van der Waals surface area contributed by atoms with Gasteiger partial charge in [0.15, 0.2) is 5.78 Å².